The van der Waals surface area contributed by atoms with Crippen LogP contribution < -0.4 is 10.6 Å². The largest absolute Gasteiger partial charge is 0.363 e. The van der Waals surface area contributed by atoms with Gasteiger partial charge in [0.05, 0.1) is 0 Å². The number of anilines is 2. The van der Waals surface area contributed by atoms with Gasteiger partial charge in [0.15, 0.2) is 0 Å². The van der Waals surface area contributed by atoms with Crippen molar-refractivity contribution < 1.29 is 0 Å². The monoisotopic (exact) mass is 338 g/mol. The van der Waals surface area contributed by atoms with Gasteiger partial charge in [-0.1, -0.05) is 54.1 Å². The van der Waals surface area contributed by atoms with Crippen LogP contribution in [0.4, 0.5) is 11.8 Å². The Hall–Kier alpha value is -2.59. The Balaban J connectivity index is 1.62. The molecule has 2 aromatic carbocycles. The molecule has 0 aliphatic carbocycles. The quantitative estimate of drug-likeness (QED) is 0.670. The third-order valence-corrected chi connectivity index (χ3v) is 3.94. The van der Waals surface area contributed by atoms with Crippen molar-refractivity contribution in [2.75, 3.05) is 10.6 Å². The highest BCUT2D eigenvalue weighted by Crippen LogP contribution is 2.18. The predicted octanol–water partition coefficient (Wildman–Crippen LogP) is 4.92. The van der Waals surface area contributed by atoms with Gasteiger partial charge in [-0.05, 0) is 36.2 Å². The van der Waals surface area contributed by atoms with Crippen molar-refractivity contribution in [3.8, 4) is 0 Å². The van der Waals surface area contributed by atoms with E-state index < -0.39 is 0 Å². The summed E-state index contributed by atoms with van der Waals surface area (Å²) in [5.74, 6) is 1.38. The molecule has 24 heavy (non-hydrogen) atoms. The Morgan fingerprint density at radius 3 is 2.50 bits per heavy atom. The van der Waals surface area contributed by atoms with Crippen molar-refractivity contribution in [3.05, 3.63) is 83.0 Å². The third kappa shape index (κ3) is 4.46. The first-order chi connectivity index (χ1) is 11.7. The van der Waals surface area contributed by atoms with E-state index in [4.69, 9.17) is 11.6 Å². The lowest BCUT2D eigenvalue weighted by Crippen LogP contribution is -2.10. The first kappa shape index (κ1) is 16.3. The molecule has 0 aliphatic heterocycles. The fourth-order valence-electron chi connectivity index (χ4n) is 2.35. The maximum absolute atomic E-state index is 5.90. The fraction of sp³-hybridized carbons (Fsp3) is 0.158. The second kappa shape index (κ2) is 7.79. The zero-order chi connectivity index (χ0) is 16.8. The summed E-state index contributed by atoms with van der Waals surface area (Å²) in [6, 6.07) is 20.0. The van der Waals surface area contributed by atoms with E-state index in [0.29, 0.717) is 12.5 Å². The Bertz CT molecular complexity index is 775. The molecule has 0 saturated heterocycles. The van der Waals surface area contributed by atoms with Crippen LogP contribution in [0.5, 0.6) is 0 Å². The molecule has 0 spiro atoms. The highest BCUT2D eigenvalue weighted by Gasteiger charge is 2.06. The summed E-state index contributed by atoms with van der Waals surface area (Å²) in [7, 11) is 0. The maximum atomic E-state index is 5.90. The van der Waals surface area contributed by atoms with Gasteiger partial charge >= 0.3 is 0 Å². The van der Waals surface area contributed by atoms with Crippen molar-refractivity contribution in [2.24, 2.45) is 0 Å². The molecule has 0 bridgehead atoms. The van der Waals surface area contributed by atoms with E-state index in [0.717, 1.165) is 16.4 Å². The van der Waals surface area contributed by atoms with Gasteiger partial charge < -0.3 is 10.6 Å². The van der Waals surface area contributed by atoms with Crippen LogP contribution in [-0.4, -0.2) is 9.97 Å². The van der Waals surface area contributed by atoms with Gasteiger partial charge in [0.1, 0.15) is 5.82 Å². The lowest BCUT2D eigenvalue weighted by Gasteiger charge is -2.15. The second-order valence-corrected chi connectivity index (χ2v) is 5.96. The molecule has 5 heteroatoms. The highest BCUT2D eigenvalue weighted by atomic mass is 35.5. The average molecular weight is 339 g/mol. The summed E-state index contributed by atoms with van der Waals surface area (Å²) in [5.41, 5.74) is 2.34. The van der Waals surface area contributed by atoms with E-state index in [9.17, 15) is 0 Å². The van der Waals surface area contributed by atoms with Gasteiger partial charge in [-0.3, -0.25) is 0 Å². The number of nitrogens with zero attached hydrogens (tertiary/aromatic N) is 2. The van der Waals surface area contributed by atoms with Gasteiger partial charge in [0.25, 0.3) is 0 Å². The molecule has 1 aromatic heterocycles. The third-order valence-electron chi connectivity index (χ3n) is 3.68. The van der Waals surface area contributed by atoms with E-state index >= 15 is 0 Å². The molecule has 0 radical (unpaired) electrons. The molecule has 0 fully saturated rings. The smallest absolute Gasteiger partial charge is 0.224 e. The van der Waals surface area contributed by atoms with E-state index in [1.54, 1.807) is 6.20 Å². The van der Waals surface area contributed by atoms with Crippen molar-refractivity contribution in [3.63, 3.8) is 0 Å². The number of aromatic nitrogens is 2. The van der Waals surface area contributed by atoms with Crippen LogP contribution in [0.2, 0.25) is 5.02 Å². The van der Waals surface area contributed by atoms with Crippen LogP contribution in [0.15, 0.2) is 66.9 Å². The molecule has 0 saturated carbocycles. The molecule has 1 unspecified atom stereocenters. The molecule has 1 atom stereocenters. The fourth-order valence-corrected chi connectivity index (χ4v) is 2.48. The topological polar surface area (TPSA) is 49.8 Å². The Kier molecular flexibility index (Phi) is 5.29. The summed E-state index contributed by atoms with van der Waals surface area (Å²) in [6.07, 6.45) is 1.75. The van der Waals surface area contributed by atoms with Crippen molar-refractivity contribution >= 4 is 23.4 Å². The van der Waals surface area contributed by atoms with Gasteiger partial charge in [-0.2, -0.15) is 4.98 Å². The summed E-state index contributed by atoms with van der Waals surface area (Å²) >= 11 is 5.90. The van der Waals surface area contributed by atoms with Crippen LogP contribution in [0, 0.1) is 0 Å². The lowest BCUT2D eigenvalue weighted by molar-refractivity contribution is 0.871. The number of hydrogen-bond acceptors (Lipinski definition) is 4. The zero-order valence-corrected chi connectivity index (χ0v) is 14.2. The zero-order valence-electron chi connectivity index (χ0n) is 13.4. The minimum Gasteiger partial charge on any atom is -0.363 e. The molecule has 122 valence electrons. The molecular weight excluding hydrogens is 320 g/mol. The Labute approximate surface area is 146 Å². The Morgan fingerprint density at radius 2 is 1.75 bits per heavy atom. The summed E-state index contributed by atoms with van der Waals surface area (Å²) in [6.45, 7) is 2.76. The summed E-state index contributed by atoms with van der Waals surface area (Å²) in [5, 5.41) is 7.36. The SMILES string of the molecule is CC(Nc1ccnc(NCc2ccc(Cl)cc2)n1)c1ccccc1. The summed E-state index contributed by atoms with van der Waals surface area (Å²) < 4.78 is 0. The molecular formula is C19H19ClN4. The molecule has 0 amide bonds. The molecule has 1 heterocycles. The van der Waals surface area contributed by atoms with Crippen LogP contribution in [0.3, 0.4) is 0 Å². The molecule has 3 aromatic rings. The first-order valence-electron chi connectivity index (χ1n) is 7.83. The van der Waals surface area contributed by atoms with Gasteiger partial charge in [-0.15, -0.1) is 0 Å². The standard InChI is InChI=1S/C19H19ClN4/c1-14(16-5-3-2-4-6-16)23-18-11-12-21-19(24-18)22-13-15-7-9-17(20)10-8-15/h2-12,14H,13H2,1H3,(H2,21,22,23,24). The molecule has 0 aliphatic rings. The van der Waals surface area contributed by atoms with E-state index in [1.807, 2.05) is 48.5 Å². The van der Waals surface area contributed by atoms with Crippen LogP contribution >= 0.6 is 11.6 Å². The number of halogens is 1. The normalized spacial score (nSPS) is 11.8. The average Bonchev–Trinajstić information content (AvgIpc) is 2.62. The second-order valence-electron chi connectivity index (χ2n) is 5.52. The number of hydrogen-bond donors (Lipinski definition) is 2. The van der Waals surface area contributed by atoms with Crippen molar-refractivity contribution in [1.29, 1.82) is 0 Å². The highest BCUT2D eigenvalue weighted by molar-refractivity contribution is 6.30. The van der Waals surface area contributed by atoms with E-state index in [2.05, 4.69) is 39.7 Å². The minimum atomic E-state index is 0.171. The van der Waals surface area contributed by atoms with Crippen LogP contribution in [-0.2, 0) is 6.54 Å². The first-order valence-corrected chi connectivity index (χ1v) is 8.21. The van der Waals surface area contributed by atoms with Gasteiger partial charge in [0.2, 0.25) is 5.95 Å². The summed E-state index contributed by atoms with van der Waals surface area (Å²) in [4.78, 5) is 8.78. The Morgan fingerprint density at radius 1 is 1.00 bits per heavy atom. The minimum absolute atomic E-state index is 0.171. The maximum Gasteiger partial charge on any atom is 0.224 e. The molecule has 4 nitrogen and oxygen atoms in total. The number of nitrogens with one attached hydrogen (secondary N) is 2. The number of rotatable bonds is 6. The lowest BCUT2D eigenvalue weighted by atomic mass is 10.1. The van der Waals surface area contributed by atoms with Crippen LogP contribution in [0.1, 0.15) is 24.1 Å². The van der Waals surface area contributed by atoms with Gasteiger partial charge in [0, 0.05) is 23.8 Å². The molecule has 2 N–H and O–H groups in total. The van der Waals surface area contributed by atoms with E-state index in [1.165, 1.54) is 5.56 Å². The van der Waals surface area contributed by atoms with Crippen molar-refractivity contribution in [2.45, 2.75) is 19.5 Å². The van der Waals surface area contributed by atoms with Crippen molar-refractivity contribution in [1.82, 2.24) is 9.97 Å². The van der Waals surface area contributed by atoms with E-state index in [-0.39, 0.29) is 6.04 Å². The van der Waals surface area contributed by atoms with Gasteiger partial charge in [-0.25, -0.2) is 4.98 Å². The number of benzene rings is 2. The van der Waals surface area contributed by atoms with Crippen LogP contribution in [0.25, 0.3) is 0 Å². The predicted molar refractivity (Wildman–Crippen MR) is 99.3 cm³/mol. The molecule has 3 rings (SSSR count).